The fraction of sp³-hybridized carbons (Fsp3) is 0.238. The maximum absolute atomic E-state index is 11.5. The molecule has 0 radical (unpaired) electrons. The van der Waals surface area contributed by atoms with E-state index in [2.05, 4.69) is 20.6 Å². The van der Waals surface area contributed by atoms with E-state index in [0.717, 1.165) is 12.1 Å². The molecule has 9 nitrogen and oxygen atoms in total. The lowest BCUT2D eigenvalue weighted by atomic mass is 10.1. The first-order chi connectivity index (χ1) is 14.5. The van der Waals surface area contributed by atoms with Gasteiger partial charge in [-0.25, -0.2) is 4.98 Å². The molecular formula is C21H24N6O3. The van der Waals surface area contributed by atoms with Crippen LogP contribution in [0.15, 0.2) is 54.6 Å². The molecule has 0 saturated heterocycles. The molecule has 3 aromatic rings. The number of aromatic nitrogens is 2. The molecule has 156 valence electrons. The van der Waals surface area contributed by atoms with Crippen molar-refractivity contribution in [2.45, 2.75) is 0 Å². The van der Waals surface area contributed by atoms with Gasteiger partial charge in [-0.1, -0.05) is 30.3 Å². The molecule has 3 rings (SSSR count). The number of likely N-dealkylation sites (N-methyl/N-ethyl adjacent to an activating group) is 1. The summed E-state index contributed by atoms with van der Waals surface area (Å²) in [6.07, 6.45) is 0. The summed E-state index contributed by atoms with van der Waals surface area (Å²) >= 11 is 0. The van der Waals surface area contributed by atoms with Crippen molar-refractivity contribution >= 4 is 23.1 Å². The Bertz CT molecular complexity index is 1010. The fourth-order valence-corrected chi connectivity index (χ4v) is 2.77. The van der Waals surface area contributed by atoms with E-state index in [1.54, 1.807) is 18.2 Å². The smallest absolute Gasteiger partial charge is 0.296 e. The van der Waals surface area contributed by atoms with E-state index in [9.17, 15) is 10.1 Å². The van der Waals surface area contributed by atoms with Crippen LogP contribution in [-0.4, -0.2) is 54.1 Å². The molecule has 1 aromatic heterocycles. The Balaban J connectivity index is 1.96. The second-order valence-corrected chi connectivity index (χ2v) is 6.82. The zero-order chi connectivity index (χ0) is 21.5. The highest BCUT2D eigenvalue weighted by Crippen LogP contribution is 2.32. The number of hydrogen-bond donors (Lipinski definition) is 2. The van der Waals surface area contributed by atoms with Gasteiger partial charge in [0.15, 0.2) is 0 Å². The van der Waals surface area contributed by atoms with E-state index in [0.29, 0.717) is 35.4 Å². The third-order valence-corrected chi connectivity index (χ3v) is 4.30. The first-order valence-corrected chi connectivity index (χ1v) is 9.39. The van der Waals surface area contributed by atoms with Crippen LogP contribution >= 0.6 is 0 Å². The summed E-state index contributed by atoms with van der Waals surface area (Å²) in [5, 5.41) is 17.8. The second-order valence-electron chi connectivity index (χ2n) is 6.82. The fourth-order valence-electron chi connectivity index (χ4n) is 2.77. The second kappa shape index (κ2) is 9.66. The minimum Gasteiger partial charge on any atom is -0.496 e. The van der Waals surface area contributed by atoms with Gasteiger partial charge in [-0.3, -0.25) is 10.1 Å². The van der Waals surface area contributed by atoms with Crippen LogP contribution in [0.4, 0.5) is 23.1 Å². The van der Waals surface area contributed by atoms with Crippen LogP contribution in [-0.2, 0) is 0 Å². The van der Waals surface area contributed by atoms with Crippen molar-refractivity contribution in [1.29, 1.82) is 0 Å². The quantitative estimate of drug-likeness (QED) is 0.407. The Morgan fingerprint density at radius 3 is 2.53 bits per heavy atom. The van der Waals surface area contributed by atoms with E-state index in [1.807, 2.05) is 49.3 Å². The molecule has 9 heteroatoms. The van der Waals surface area contributed by atoms with Gasteiger partial charge in [0.1, 0.15) is 17.3 Å². The number of nitro groups is 1. The Labute approximate surface area is 174 Å². The van der Waals surface area contributed by atoms with E-state index in [1.165, 1.54) is 13.2 Å². The van der Waals surface area contributed by atoms with Crippen molar-refractivity contribution in [3.05, 3.63) is 64.7 Å². The molecule has 0 aliphatic carbocycles. The normalized spacial score (nSPS) is 10.7. The molecule has 2 N–H and O–H groups in total. The summed E-state index contributed by atoms with van der Waals surface area (Å²) in [6, 6.07) is 16.1. The standard InChI is InChI=1S/C21H24N6O3/c1-26(2)12-11-22-21-24-18(15-7-5-4-6-8-15)14-20(25-21)23-17-10-9-16(30-3)13-19(17)27(28)29/h4-10,13-14H,11-12H2,1-3H3,(H2,22,23,24,25). The maximum Gasteiger partial charge on any atom is 0.296 e. The number of nitrogens with one attached hydrogen (secondary N) is 2. The molecule has 0 bridgehead atoms. The summed E-state index contributed by atoms with van der Waals surface area (Å²) in [7, 11) is 5.44. The number of benzene rings is 2. The van der Waals surface area contributed by atoms with E-state index >= 15 is 0 Å². The lowest BCUT2D eigenvalue weighted by Gasteiger charge is -2.13. The number of ether oxygens (including phenoxy) is 1. The largest absolute Gasteiger partial charge is 0.496 e. The topological polar surface area (TPSA) is 105 Å². The highest BCUT2D eigenvalue weighted by Gasteiger charge is 2.17. The number of methoxy groups -OCH3 is 1. The maximum atomic E-state index is 11.5. The molecule has 0 atom stereocenters. The number of nitro benzene ring substituents is 1. The molecule has 1 heterocycles. The highest BCUT2D eigenvalue weighted by molar-refractivity contribution is 5.72. The average molecular weight is 408 g/mol. The summed E-state index contributed by atoms with van der Waals surface area (Å²) in [5.74, 6) is 1.30. The van der Waals surface area contributed by atoms with E-state index in [-0.39, 0.29) is 5.69 Å². The first-order valence-electron chi connectivity index (χ1n) is 9.39. The predicted octanol–water partition coefficient (Wildman–Crippen LogP) is 3.78. The van der Waals surface area contributed by atoms with Crippen molar-refractivity contribution in [3.8, 4) is 17.0 Å². The van der Waals surface area contributed by atoms with Gasteiger partial charge >= 0.3 is 0 Å². The number of anilines is 3. The minimum atomic E-state index is -0.458. The Morgan fingerprint density at radius 2 is 1.87 bits per heavy atom. The molecule has 2 aromatic carbocycles. The lowest BCUT2D eigenvalue weighted by Crippen LogP contribution is -2.21. The highest BCUT2D eigenvalue weighted by atomic mass is 16.6. The van der Waals surface area contributed by atoms with E-state index in [4.69, 9.17) is 4.74 Å². The van der Waals surface area contributed by atoms with Crippen LogP contribution in [0.1, 0.15) is 0 Å². The molecule has 30 heavy (non-hydrogen) atoms. The first kappa shape index (κ1) is 21.0. The van der Waals surface area contributed by atoms with Crippen molar-refractivity contribution < 1.29 is 9.66 Å². The van der Waals surface area contributed by atoms with Crippen molar-refractivity contribution in [1.82, 2.24) is 14.9 Å². The van der Waals surface area contributed by atoms with Gasteiger partial charge in [-0.05, 0) is 26.2 Å². The Morgan fingerprint density at radius 1 is 1.10 bits per heavy atom. The molecule has 0 unspecified atom stereocenters. The van der Waals surface area contributed by atoms with Gasteiger partial charge < -0.3 is 20.3 Å². The monoisotopic (exact) mass is 408 g/mol. The summed E-state index contributed by atoms with van der Waals surface area (Å²) in [6.45, 7) is 1.47. The van der Waals surface area contributed by atoms with Gasteiger partial charge in [-0.15, -0.1) is 0 Å². The SMILES string of the molecule is COc1ccc(Nc2cc(-c3ccccc3)nc(NCCN(C)C)n2)c([N+](=O)[O-])c1. The van der Waals surface area contributed by atoms with Crippen LogP contribution in [0.3, 0.4) is 0 Å². The molecule has 0 fully saturated rings. The van der Waals surface area contributed by atoms with Crippen LogP contribution in [0.5, 0.6) is 5.75 Å². The average Bonchev–Trinajstić information content (AvgIpc) is 2.74. The zero-order valence-corrected chi connectivity index (χ0v) is 17.1. The zero-order valence-electron chi connectivity index (χ0n) is 17.1. The summed E-state index contributed by atoms with van der Waals surface area (Å²) in [4.78, 5) is 22.2. The van der Waals surface area contributed by atoms with Crippen LogP contribution in [0, 0.1) is 10.1 Å². The molecule has 0 spiro atoms. The predicted molar refractivity (Wildman–Crippen MR) is 117 cm³/mol. The van der Waals surface area contributed by atoms with Crippen LogP contribution in [0.25, 0.3) is 11.3 Å². The Hall–Kier alpha value is -3.72. The molecule has 0 amide bonds. The van der Waals surface area contributed by atoms with Gasteiger partial charge in [-0.2, -0.15) is 4.98 Å². The molecule has 0 saturated carbocycles. The van der Waals surface area contributed by atoms with E-state index < -0.39 is 4.92 Å². The number of rotatable bonds is 9. The third-order valence-electron chi connectivity index (χ3n) is 4.30. The lowest BCUT2D eigenvalue weighted by molar-refractivity contribution is -0.384. The van der Waals surface area contributed by atoms with Crippen molar-refractivity contribution in [2.24, 2.45) is 0 Å². The van der Waals surface area contributed by atoms with Gasteiger partial charge in [0, 0.05) is 24.7 Å². The minimum absolute atomic E-state index is 0.101. The summed E-state index contributed by atoms with van der Waals surface area (Å²) < 4.78 is 5.10. The van der Waals surface area contributed by atoms with Crippen LogP contribution < -0.4 is 15.4 Å². The van der Waals surface area contributed by atoms with Gasteiger partial charge in [0.05, 0.1) is 23.8 Å². The van der Waals surface area contributed by atoms with Gasteiger partial charge in [0.25, 0.3) is 5.69 Å². The van der Waals surface area contributed by atoms with Crippen LogP contribution in [0.2, 0.25) is 0 Å². The summed E-state index contributed by atoms with van der Waals surface area (Å²) in [5.41, 5.74) is 1.84. The number of nitrogens with zero attached hydrogens (tertiary/aromatic N) is 4. The van der Waals surface area contributed by atoms with Gasteiger partial charge in [0.2, 0.25) is 5.95 Å². The molecule has 0 aliphatic rings. The third kappa shape index (κ3) is 5.42. The molecular weight excluding hydrogens is 384 g/mol. The van der Waals surface area contributed by atoms with Crippen molar-refractivity contribution in [3.63, 3.8) is 0 Å². The number of hydrogen-bond acceptors (Lipinski definition) is 8. The van der Waals surface area contributed by atoms with Crippen molar-refractivity contribution in [2.75, 3.05) is 44.9 Å². The molecule has 0 aliphatic heterocycles. The Kier molecular flexibility index (Phi) is 6.76.